The van der Waals surface area contributed by atoms with E-state index < -0.39 is 21.7 Å². The second-order valence-corrected chi connectivity index (χ2v) is 12.4. The predicted molar refractivity (Wildman–Crippen MR) is 131 cm³/mol. The molecule has 4 rings (SSSR count). The summed E-state index contributed by atoms with van der Waals surface area (Å²) in [6.45, 7) is 5.46. The van der Waals surface area contributed by atoms with Gasteiger partial charge in [-0.25, -0.2) is 8.42 Å². The lowest BCUT2D eigenvalue weighted by molar-refractivity contribution is 0.0740. The first-order chi connectivity index (χ1) is 16.1. The van der Waals surface area contributed by atoms with Gasteiger partial charge in [0.15, 0.2) is 0 Å². The van der Waals surface area contributed by atoms with Crippen molar-refractivity contribution in [1.82, 2.24) is 9.21 Å². The molecule has 3 aliphatic rings. The number of sulfonamides is 1. The van der Waals surface area contributed by atoms with Crippen molar-refractivity contribution in [3.8, 4) is 17.6 Å². The molecule has 1 heterocycles. The van der Waals surface area contributed by atoms with Crippen molar-refractivity contribution in [3.63, 3.8) is 0 Å². The normalized spacial score (nSPS) is 27.1. The van der Waals surface area contributed by atoms with Gasteiger partial charge in [-0.2, -0.15) is 4.31 Å². The first kappa shape index (κ1) is 25.5. The molecule has 2 fully saturated rings. The highest BCUT2D eigenvalue weighted by atomic mass is 32.2. The molecule has 0 spiro atoms. The first-order valence-corrected chi connectivity index (χ1v) is 13.9. The minimum atomic E-state index is -3.87. The lowest BCUT2D eigenvalue weighted by Gasteiger charge is -2.37. The van der Waals surface area contributed by atoms with Gasteiger partial charge in [-0.05, 0) is 76.6 Å². The Hall–Kier alpha value is -1.63. The highest BCUT2D eigenvalue weighted by molar-refractivity contribution is 7.89. The average molecular weight is 491 g/mol. The Balaban J connectivity index is 1.69. The van der Waals surface area contributed by atoms with Gasteiger partial charge in [-0.3, -0.25) is 0 Å². The third-order valence-corrected chi connectivity index (χ3v) is 9.32. The number of fused-ring (bicyclic) bond motifs is 1. The van der Waals surface area contributed by atoms with Gasteiger partial charge in [-0.15, -0.1) is 0 Å². The van der Waals surface area contributed by atoms with Crippen LogP contribution < -0.4 is 4.74 Å². The molecule has 2 saturated carbocycles. The molecule has 1 aromatic carbocycles. The van der Waals surface area contributed by atoms with Crippen molar-refractivity contribution in [2.24, 2.45) is 11.8 Å². The monoisotopic (exact) mass is 490 g/mol. The van der Waals surface area contributed by atoms with Crippen LogP contribution in [-0.4, -0.2) is 78.9 Å². The quantitative estimate of drug-likeness (QED) is 0.596. The first-order valence-electron chi connectivity index (χ1n) is 12.5. The van der Waals surface area contributed by atoms with Crippen molar-refractivity contribution < 1.29 is 23.4 Å². The van der Waals surface area contributed by atoms with Crippen LogP contribution in [0.1, 0.15) is 57.9 Å². The van der Waals surface area contributed by atoms with Gasteiger partial charge in [0.25, 0.3) is 0 Å². The Morgan fingerprint density at radius 1 is 1.26 bits per heavy atom. The Kier molecular flexibility index (Phi) is 7.61. The van der Waals surface area contributed by atoms with Gasteiger partial charge < -0.3 is 19.8 Å². The summed E-state index contributed by atoms with van der Waals surface area (Å²) >= 11 is 0. The summed E-state index contributed by atoms with van der Waals surface area (Å²) in [7, 11) is -1.78. The maximum absolute atomic E-state index is 13.6. The fraction of sp³-hybridized carbons (Fsp3) is 0.692. The van der Waals surface area contributed by atoms with Crippen LogP contribution in [0.4, 0.5) is 0 Å². The molecule has 1 aliphatic heterocycles. The summed E-state index contributed by atoms with van der Waals surface area (Å²) in [4.78, 5) is 2.37. The standard InChI is InChI=1S/C26H38N2O5S/c1-19-15-28(20(2)18-29)34(31,32)25-9-8-21(10-13-26(30)11-4-5-12-26)14-23(25)33-24(19)17-27(3)16-22-6-7-22/h8-9,14,19-20,22,24,29-30H,4-7,11-12,15-18H2,1-3H3/t19-,20-,24-/m1/s1. The van der Waals surface area contributed by atoms with E-state index in [1.165, 1.54) is 17.1 Å². The van der Waals surface area contributed by atoms with Crippen molar-refractivity contribution >= 4 is 10.0 Å². The van der Waals surface area contributed by atoms with Crippen molar-refractivity contribution in [2.45, 2.75) is 75.0 Å². The number of nitrogens with zero attached hydrogens (tertiary/aromatic N) is 2. The molecule has 7 nitrogen and oxygen atoms in total. The smallest absolute Gasteiger partial charge is 0.247 e. The molecule has 0 aromatic heterocycles. The summed E-state index contributed by atoms with van der Waals surface area (Å²) in [5, 5.41) is 20.4. The van der Waals surface area contributed by atoms with Gasteiger partial charge in [0.2, 0.25) is 10.0 Å². The molecule has 3 atom stereocenters. The van der Waals surface area contributed by atoms with Crippen LogP contribution >= 0.6 is 0 Å². The highest BCUT2D eigenvalue weighted by Gasteiger charge is 2.38. The third-order valence-electron chi connectivity index (χ3n) is 7.30. The number of aliphatic hydroxyl groups is 2. The maximum Gasteiger partial charge on any atom is 0.247 e. The molecule has 34 heavy (non-hydrogen) atoms. The number of ether oxygens (including phenoxy) is 1. The number of hydrogen-bond acceptors (Lipinski definition) is 6. The minimum absolute atomic E-state index is 0.0764. The largest absolute Gasteiger partial charge is 0.487 e. The minimum Gasteiger partial charge on any atom is -0.487 e. The van der Waals surface area contributed by atoms with Crippen LogP contribution in [-0.2, 0) is 10.0 Å². The zero-order chi connectivity index (χ0) is 24.5. The predicted octanol–water partition coefficient (Wildman–Crippen LogP) is 2.45. The van der Waals surface area contributed by atoms with E-state index in [2.05, 4.69) is 23.8 Å². The van der Waals surface area contributed by atoms with E-state index in [0.717, 1.165) is 25.3 Å². The summed E-state index contributed by atoms with van der Waals surface area (Å²) in [5.74, 6) is 7.00. The molecule has 2 aliphatic carbocycles. The molecule has 2 N–H and O–H groups in total. The third kappa shape index (κ3) is 5.77. The molecule has 188 valence electrons. The van der Waals surface area contributed by atoms with Crippen LogP contribution in [0.15, 0.2) is 23.1 Å². The van der Waals surface area contributed by atoms with E-state index in [9.17, 15) is 18.6 Å². The molecule has 0 bridgehead atoms. The summed E-state index contributed by atoms with van der Waals surface area (Å²) in [6, 6.07) is 4.36. The Morgan fingerprint density at radius 2 is 1.97 bits per heavy atom. The summed E-state index contributed by atoms with van der Waals surface area (Å²) in [5.41, 5.74) is -0.345. The van der Waals surface area contributed by atoms with E-state index >= 15 is 0 Å². The van der Waals surface area contributed by atoms with Crippen LogP contribution in [0, 0.1) is 23.7 Å². The fourth-order valence-corrected chi connectivity index (χ4v) is 6.74. The van der Waals surface area contributed by atoms with E-state index in [4.69, 9.17) is 4.74 Å². The SMILES string of the molecule is C[C@@H]1CN([C@H](C)CO)S(=O)(=O)c2ccc(C#CC3(O)CCCC3)cc2O[C@@H]1CN(C)CC1CC1. The summed E-state index contributed by atoms with van der Waals surface area (Å²) < 4.78 is 35.0. The Labute approximate surface area is 204 Å². The van der Waals surface area contributed by atoms with Gasteiger partial charge in [0.1, 0.15) is 22.4 Å². The molecule has 8 heteroatoms. The molecule has 0 unspecified atom stereocenters. The molecular formula is C26H38N2O5S. The zero-order valence-corrected chi connectivity index (χ0v) is 21.4. The van der Waals surface area contributed by atoms with E-state index in [1.807, 2.05) is 6.92 Å². The number of benzene rings is 1. The molecule has 0 amide bonds. The molecule has 0 radical (unpaired) electrons. The van der Waals surface area contributed by atoms with Crippen LogP contribution in [0.5, 0.6) is 5.75 Å². The maximum atomic E-state index is 13.6. The van der Waals surface area contributed by atoms with Gasteiger partial charge in [0, 0.05) is 37.2 Å². The van der Waals surface area contributed by atoms with E-state index in [-0.39, 0.29) is 35.8 Å². The van der Waals surface area contributed by atoms with Gasteiger partial charge in [0.05, 0.1) is 6.61 Å². The number of aliphatic hydroxyl groups excluding tert-OH is 1. The fourth-order valence-electron chi connectivity index (χ4n) is 4.92. The second-order valence-electron chi connectivity index (χ2n) is 10.6. The highest BCUT2D eigenvalue weighted by Crippen LogP contribution is 2.35. The van der Waals surface area contributed by atoms with Crippen LogP contribution in [0.25, 0.3) is 0 Å². The number of rotatable bonds is 6. The van der Waals surface area contributed by atoms with E-state index in [0.29, 0.717) is 24.9 Å². The lowest BCUT2D eigenvalue weighted by atomic mass is 10.0. The Morgan fingerprint density at radius 3 is 2.62 bits per heavy atom. The van der Waals surface area contributed by atoms with E-state index in [1.54, 1.807) is 25.1 Å². The molecule has 1 aromatic rings. The lowest BCUT2D eigenvalue weighted by Crippen LogP contribution is -2.49. The number of likely N-dealkylation sites (N-methyl/N-ethyl adjacent to an activating group) is 1. The van der Waals surface area contributed by atoms with Crippen LogP contribution in [0.3, 0.4) is 0 Å². The van der Waals surface area contributed by atoms with Gasteiger partial charge >= 0.3 is 0 Å². The Bertz CT molecular complexity index is 1040. The van der Waals surface area contributed by atoms with Crippen molar-refractivity contribution in [3.05, 3.63) is 23.8 Å². The second kappa shape index (κ2) is 10.2. The molecular weight excluding hydrogens is 452 g/mol. The van der Waals surface area contributed by atoms with Gasteiger partial charge in [-0.1, -0.05) is 18.8 Å². The van der Waals surface area contributed by atoms with Crippen molar-refractivity contribution in [2.75, 3.05) is 33.3 Å². The number of hydrogen-bond donors (Lipinski definition) is 2. The summed E-state index contributed by atoms with van der Waals surface area (Å²) in [6.07, 6.45) is 5.57. The topological polar surface area (TPSA) is 90.3 Å². The zero-order valence-electron chi connectivity index (χ0n) is 20.5. The average Bonchev–Trinajstić information content (AvgIpc) is 3.50. The molecule has 0 saturated heterocycles. The van der Waals surface area contributed by atoms with Crippen LogP contribution in [0.2, 0.25) is 0 Å². The van der Waals surface area contributed by atoms with Crippen molar-refractivity contribution in [1.29, 1.82) is 0 Å².